The van der Waals surface area contributed by atoms with Gasteiger partial charge in [-0.05, 0) is 36.4 Å². The Kier molecular flexibility index (Phi) is 4.85. The van der Waals surface area contributed by atoms with Crippen LogP contribution in [0, 0.1) is 0 Å². The minimum atomic E-state index is -4.54. The van der Waals surface area contributed by atoms with Gasteiger partial charge in [0.15, 0.2) is 0 Å². The summed E-state index contributed by atoms with van der Waals surface area (Å²) >= 11 is 0. The van der Waals surface area contributed by atoms with Gasteiger partial charge in [-0.1, -0.05) is 6.07 Å². The van der Waals surface area contributed by atoms with Crippen molar-refractivity contribution < 1.29 is 18.0 Å². The highest BCUT2D eigenvalue weighted by atomic mass is 19.4. The molecule has 9 heteroatoms. The van der Waals surface area contributed by atoms with E-state index in [9.17, 15) is 18.0 Å². The van der Waals surface area contributed by atoms with E-state index >= 15 is 0 Å². The summed E-state index contributed by atoms with van der Waals surface area (Å²) in [7, 11) is 3.65. The molecule has 0 aliphatic heterocycles. The van der Waals surface area contributed by atoms with E-state index in [0.717, 1.165) is 17.8 Å². The molecule has 6 nitrogen and oxygen atoms in total. The van der Waals surface area contributed by atoms with Gasteiger partial charge >= 0.3 is 6.18 Å². The Hall–Kier alpha value is -3.36. The zero-order valence-corrected chi connectivity index (χ0v) is 14.5. The van der Waals surface area contributed by atoms with Crippen LogP contribution in [0.2, 0.25) is 0 Å². The summed E-state index contributed by atoms with van der Waals surface area (Å²) in [5.74, 6) is -0.528. The van der Waals surface area contributed by atoms with Crippen LogP contribution in [0.3, 0.4) is 0 Å². The third-order valence-electron chi connectivity index (χ3n) is 3.86. The molecule has 1 aromatic heterocycles. The fraction of sp³-hybridized carbons (Fsp3) is 0.167. The third-order valence-corrected chi connectivity index (χ3v) is 3.86. The molecule has 140 valence electrons. The number of rotatable bonds is 4. The highest BCUT2D eigenvalue weighted by molar-refractivity contribution is 6.05. The van der Waals surface area contributed by atoms with Gasteiger partial charge in [0.25, 0.3) is 5.91 Å². The second-order valence-electron chi connectivity index (χ2n) is 5.97. The number of aromatic nitrogens is 3. The van der Waals surface area contributed by atoms with E-state index in [0.29, 0.717) is 5.56 Å². The lowest BCUT2D eigenvalue weighted by Gasteiger charge is -2.16. The fourth-order valence-corrected chi connectivity index (χ4v) is 2.46. The molecule has 27 heavy (non-hydrogen) atoms. The third kappa shape index (κ3) is 4.08. The van der Waals surface area contributed by atoms with Crippen molar-refractivity contribution >= 4 is 17.3 Å². The standard InChI is InChI=1S/C18H16F3N5O/c1-25(2)14-5-3-4-12(8-14)17(27)24-15-9-13(18(19,20)21)6-7-16(15)26-11-22-10-23-26/h3-11H,1-2H3,(H,24,27). The molecule has 0 aliphatic carbocycles. The molecular weight excluding hydrogens is 359 g/mol. The van der Waals surface area contributed by atoms with Crippen molar-refractivity contribution in [1.82, 2.24) is 14.8 Å². The fourth-order valence-electron chi connectivity index (χ4n) is 2.46. The van der Waals surface area contributed by atoms with Gasteiger partial charge in [-0.3, -0.25) is 4.79 Å². The Morgan fingerprint density at radius 3 is 2.56 bits per heavy atom. The van der Waals surface area contributed by atoms with E-state index in [-0.39, 0.29) is 11.4 Å². The number of amides is 1. The van der Waals surface area contributed by atoms with E-state index in [1.165, 1.54) is 23.4 Å². The first-order chi connectivity index (χ1) is 12.8. The summed E-state index contributed by atoms with van der Waals surface area (Å²) in [6.45, 7) is 0. The predicted octanol–water partition coefficient (Wildman–Crippen LogP) is 3.60. The molecule has 0 bridgehead atoms. The van der Waals surface area contributed by atoms with E-state index in [1.54, 1.807) is 18.2 Å². The van der Waals surface area contributed by atoms with Crippen molar-refractivity contribution in [2.45, 2.75) is 6.18 Å². The van der Waals surface area contributed by atoms with Crippen LogP contribution in [0.4, 0.5) is 24.5 Å². The predicted molar refractivity (Wildman–Crippen MR) is 95.1 cm³/mol. The van der Waals surface area contributed by atoms with Crippen molar-refractivity contribution in [2.75, 3.05) is 24.3 Å². The van der Waals surface area contributed by atoms with Gasteiger partial charge in [-0.25, -0.2) is 9.67 Å². The second-order valence-corrected chi connectivity index (χ2v) is 5.97. The number of hydrogen-bond acceptors (Lipinski definition) is 4. The molecule has 0 radical (unpaired) electrons. The van der Waals surface area contributed by atoms with E-state index in [2.05, 4.69) is 15.4 Å². The Morgan fingerprint density at radius 1 is 1.15 bits per heavy atom. The number of anilines is 2. The number of hydrogen-bond donors (Lipinski definition) is 1. The lowest BCUT2D eigenvalue weighted by molar-refractivity contribution is -0.137. The highest BCUT2D eigenvalue weighted by Gasteiger charge is 2.31. The number of halogens is 3. The van der Waals surface area contributed by atoms with Crippen molar-refractivity contribution in [2.24, 2.45) is 0 Å². The monoisotopic (exact) mass is 375 g/mol. The van der Waals surface area contributed by atoms with Crippen molar-refractivity contribution in [1.29, 1.82) is 0 Å². The zero-order valence-electron chi connectivity index (χ0n) is 14.5. The lowest BCUT2D eigenvalue weighted by atomic mass is 10.1. The highest BCUT2D eigenvalue weighted by Crippen LogP contribution is 2.33. The summed E-state index contributed by atoms with van der Waals surface area (Å²) in [5.41, 5.74) is 0.503. The molecule has 0 saturated heterocycles. The molecule has 3 aromatic rings. The summed E-state index contributed by atoms with van der Waals surface area (Å²) in [5, 5.41) is 6.47. The van der Waals surface area contributed by atoms with Crippen LogP contribution in [0.5, 0.6) is 0 Å². The molecule has 0 aliphatic rings. The van der Waals surface area contributed by atoms with E-state index < -0.39 is 17.6 Å². The summed E-state index contributed by atoms with van der Waals surface area (Å²) in [6, 6.07) is 9.81. The van der Waals surface area contributed by atoms with E-state index in [4.69, 9.17) is 0 Å². The minimum Gasteiger partial charge on any atom is -0.378 e. The topological polar surface area (TPSA) is 63.1 Å². The summed E-state index contributed by atoms with van der Waals surface area (Å²) in [6.07, 6.45) is -1.94. The van der Waals surface area contributed by atoms with Gasteiger partial charge < -0.3 is 10.2 Å². The normalized spacial score (nSPS) is 11.3. The summed E-state index contributed by atoms with van der Waals surface area (Å²) in [4.78, 5) is 18.2. The maximum Gasteiger partial charge on any atom is 0.416 e. The molecule has 1 heterocycles. The van der Waals surface area contributed by atoms with Crippen LogP contribution < -0.4 is 10.2 Å². The first kappa shape index (κ1) is 18.4. The number of nitrogens with one attached hydrogen (secondary N) is 1. The van der Waals surface area contributed by atoms with Crippen LogP contribution in [0.1, 0.15) is 15.9 Å². The van der Waals surface area contributed by atoms with Gasteiger partial charge in [0.05, 0.1) is 16.9 Å². The molecule has 0 saturated carbocycles. The van der Waals surface area contributed by atoms with Gasteiger partial charge in [-0.2, -0.15) is 18.3 Å². The number of nitrogens with zero attached hydrogens (tertiary/aromatic N) is 4. The average molecular weight is 375 g/mol. The van der Waals surface area contributed by atoms with Crippen LogP contribution in [0.15, 0.2) is 55.1 Å². The van der Waals surface area contributed by atoms with Gasteiger partial charge in [0.1, 0.15) is 12.7 Å². The first-order valence-electron chi connectivity index (χ1n) is 7.90. The minimum absolute atomic E-state index is 0.0180. The molecule has 0 unspecified atom stereocenters. The molecule has 1 amide bonds. The van der Waals surface area contributed by atoms with Crippen molar-refractivity contribution in [3.8, 4) is 5.69 Å². The average Bonchev–Trinajstić information content (AvgIpc) is 3.15. The van der Waals surface area contributed by atoms with Crippen LogP contribution in [-0.2, 0) is 6.18 Å². The lowest BCUT2D eigenvalue weighted by Crippen LogP contribution is -2.16. The van der Waals surface area contributed by atoms with E-state index in [1.807, 2.05) is 25.1 Å². The number of alkyl halides is 3. The van der Waals surface area contributed by atoms with Crippen molar-refractivity contribution in [3.63, 3.8) is 0 Å². The number of carbonyl (C=O) groups excluding carboxylic acids is 1. The maximum absolute atomic E-state index is 13.1. The molecule has 0 fully saturated rings. The van der Waals surface area contributed by atoms with Gasteiger partial charge in [0, 0.05) is 25.3 Å². The van der Waals surface area contributed by atoms with Crippen LogP contribution in [-0.4, -0.2) is 34.8 Å². The van der Waals surface area contributed by atoms with Gasteiger partial charge in [-0.15, -0.1) is 0 Å². The Balaban J connectivity index is 1.99. The molecule has 0 spiro atoms. The maximum atomic E-state index is 13.1. The molecule has 0 atom stereocenters. The van der Waals surface area contributed by atoms with Gasteiger partial charge in [0.2, 0.25) is 0 Å². The quantitative estimate of drug-likeness (QED) is 0.757. The number of benzene rings is 2. The largest absolute Gasteiger partial charge is 0.416 e. The molecular formula is C18H16F3N5O. The number of carbonyl (C=O) groups is 1. The molecule has 1 N–H and O–H groups in total. The smallest absolute Gasteiger partial charge is 0.378 e. The second kappa shape index (κ2) is 7.10. The Labute approximate surface area is 153 Å². The Bertz CT molecular complexity index is 952. The van der Waals surface area contributed by atoms with Crippen molar-refractivity contribution in [3.05, 3.63) is 66.2 Å². The molecule has 3 rings (SSSR count). The SMILES string of the molecule is CN(C)c1cccc(C(=O)Nc2cc(C(F)(F)F)ccc2-n2cncn2)c1. The zero-order chi connectivity index (χ0) is 19.6. The van der Waals surface area contributed by atoms with Crippen LogP contribution >= 0.6 is 0 Å². The summed E-state index contributed by atoms with van der Waals surface area (Å²) < 4.78 is 40.6. The molecule has 2 aromatic carbocycles. The first-order valence-corrected chi connectivity index (χ1v) is 7.90. The Morgan fingerprint density at radius 2 is 1.93 bits per heavy atom. The van der Waals surface area contributed by atoms with Crippen LogP contribution in [0.25, 0.3) is 5.69 Å².